The fraction of sp³-hybridized carbons (Fsp3) is 1.00. The Morgan fingerprint density at radius 3 is 2.94 bits per heavy atom. The van der Waals surface area contributed by atoms with Crippen molar-refractivity contribution in [3.8, 4) is 0 Å². The van der Waals surface area contributed by atoms with Crippen molar-refractivity contribution >= 4 is 11.8 Å². The van der Waals surface area contributed by atoms with Gasteiger partial charge in [-0.1, -0.05) is 6.92 Å². The predicted molar refractivity (Wildman–Crippen MR) is 70.2 cm³/mol. The van der Waals surface area contributed by atoms with Gasteiger partial charge in [0.2, 0.25) is 0 Å². The van der Waals surface area contributed by atoms with E-state index >= 15 is 0 Å². The van der Waals surface area contributed by atoms with E-state index in [1.165, 1.54) is 31.7 Å². The second kappa shape index (κ2) is 6.84. The topological polar surface area (TPSA) is 24.5 Å². The van der Waals surface area contributed by atoms with E-state index in [1.807, 2.05) is 0 Å². The Bertz CT molecular complexity index is 197. The highest BCUT2D eigenvalue weighted by Crippen LogP contribution is 2.17. The molecule has 0 saturated carbocycles. The van der Waals surface area contributed by atoms with Gasteiger partial charge in [0.1, 0.15) is 0 Å². The van der Waals surface area contributed by atoms with E-state index in [0.29, 0.717) is 6.10 Å². The van der Waals surface area contributed by atoms with E-state index in [0.717, 1.165) is 31.5 Å². The lowest BCUT2D eigenvalue weighted by Crippen LogP contribution is -2.40. The van der Waals surface area contributed by atoms with Crippen LogP contribution in [0, 0.1) is 0 Å². The van der Waals surface area contributed by atoms with E-state index in [2.05, 4.69) is 28.9 Å². The van der Waals surface area contributed by atoms with Gasteiger partial charge in [-0.05, 0) is 25.9 Å². The van der Waals surface area contributed by atoms with Crippen LogP contribution in [0.15, 0.2) is 0 Å². The van der Waals surface area contributed by atoms with E-state index in [9.17, 15) is 0 Å². The van der Waals surface area contributed by atoms with Crippen LogP contribution in [0.5, 0.6) is 0 Å². The standard InChI is InChI=1S/C12H24N2OS/c1-11-10-14(7-9-16-11)6-8-15-12-2-4-13-5-3-12/h11-13H,2-10H2,1H3. The number of hydrogen-bond acceptors (Lipinski definition) is 4. The lowest BCUT2D eigenvalue weighted by Gasteiger charge is -2.31. The molecule has 0 amide bonds. The number of nitrogens with one attached hydrogen (secondary N) is 1. The Balaban J connectivity index is 1.56. The minimum absolute atomic E-state index is 0.512. The van der Waals surface area contributed by atoms with Crippen molar-refractivity contribution in [1.82, 2.24) is 10.2 Å². The maximum absolute atomic E-state index is 5.93. The molecule has 2 rings (SSSR count). The smallest absolute Gasteiger partial charge is 0.0600 e. The third-order valence-corrected chi connectivity index (χ3v) is 4.51. The van der Waals surface area contributed by atoms with Crippen LogP contribution in [0.2, 0.25) is 0 Å². The lowest BCUT2D eigenvalue weighted by molar-refractivity contribution is 0.0207. The Kier molecular flexibility index (Phi) is 5.42. The Labute approximate surface area is 103 Å². The first-order chi connectivity index (χ1) is 7.84. The van der Waals surface area contributed by atoms with Crippen molar-refractivity contribution in [3.05, 3.63) is 0 Å². The van der Waals surface area contributed by atoms with Crippen molar-refractivity contribution in [2.45, 2.75) is 31.1 Å². The molecule has 4 heteroatoms. The van der Waals surface area contributed by atoms with Crippen molar-refractivity contribution in [2.24, 2.45) is 0 Å². The molecular weight excluding hydrogens is 220 g/mol. The zero-order valence-corrected chi connectivity index (χ0v) is 11.1. The number of ether oxygens (including phenoxy) is 1. The summed E-state index contributed by atoms with van der Waals surface area (Å²) in [6.45, 7) is 9.09. The highest BCUT2D eigenvalue weighted by atomic mass is 32.2. The van der Waals surface area contributed by atoms with Crippen LogP contribution < -0.4 is 5.32 Å². The normalized spacial score (nSPS) is 29.4. The Hall–Kier alpha value is 0.230. The molecule has 0 aromatic rings. The highest BCUT2D eigenvalue weighted by Gasteiger charge is 2.17. The molecule has 0 aliphatic carbocycles. The summed E-state index contributed by atoms with van der Waals surface area (Å²) >= 11 is 2.09. The predicted octanol–water partition coefficient (Wildman–Crippen LogP) is 1.19. The molecular formula is C12H24N2OS. The van der Waals surface area contributed by atoms with Gasteiger partial charge in [0.25, 0.3) is 0 Å². The van der Waals surface area contributed by atoms with Gasteiger partial charge in [-0.3, -0.25) is 4.90 Å². The zero-order chi connectivity index (χ0) is 11.2. The molecule has 0 radical (unpaired) electrons. The fourth-order valence-corrected chi connectivity index (χ4v) is 3.49. The van der Waals surface area contributed by atoms with Gasteiger partial charge in [0, 0.05) is 30.6 Å². The maximum Gasteiger partial charge on any atom is 0.0600 e. The van der Waals surface area contributed by atoms with Gasteiger partial charge in [-0.15, -0.1) is 0 Å². The van der Waals surface area contributed by atoms with Crippen LogP contribution in [0.4, 0.5) is 0 Å². The van der Waals surface area contributed by atoms with Crippen molar-refractivity contribution in [1.29, 1.82) is 0 Å². The number of rotatable bonds is 4. The largest absolute Gasteiger partial charge is 0.377 e. The summed E-state index contributed by atoms with van der Waals surface area (Å²) in [4.78, 5) is 2.54. The SMILES string of the molecule is CC1CN(CCOC2CCNCC2)CCS1. The summed E-state index contributed by atoms with van der Waals surface area (Å²) < 4.78 is 5.93. The van der Waals surface area contributed by atoms with Gasteiger partial charge in [-0.2, -0.15) is 11.8 Å². The molecule has 0 bridgehead atoms. The van der Waals surface area contributed by atoms with Gasteiger partial charge in [-0.25, -0.2) is 0 Å². The maximum atomic E-state index is 5.93. The summed E-state index contributed by atoms with van der Waals surface area (Å²) in [5.41, 5.74) is 0. The quantitative estimate of drug-likeness (QED) is 0.803. The van der Waals surface area contributed by atoms with E-state index in [4.69, 9.17) is 4.74 Å². The van der Waals surface area contributed by atoms with Crippen LogP contribution in [0.1, 0.15) is 19.8 Å². The first kappa shape index (κ1) is 12.7. The molecule has 3 nitrogen and oxygen atoms in total. The zero-order valence-electron chi connectivity index (χ0n) is 10.3. The molecule has 1 unspecified atom stereocenters. The fourth-order valence-electron chi connectivity index (χ4n) is 2.40. The van der Waals surface area contributed by atoms with E-state index in [1.54, 1.807) is 0 Å². The van der Waals surface area contributed by atoms with Crippen molar-refractivity contribution in [2.75, 3.05) is 45.1 Å². The Morgan fingerprint density at radius 1 is 1.38 bits per heavy atom. The third-order valence-electron chi connectivity index (χ3n) is 3.37. The first-order valence-corrected chi connectivity index (χ1v) is 7.56. The lowest BCUT2D eigenvalue weighted by atomic mass is 10.1. The average Bonchev–Trinajstić information content (AvgIpc) is 2.30. The third kappa shape index (κ3) is 4.24. The number of hydrogen-bond donors (Lipinski definition) is 1. The highest BCUT2D eigenvalue weighted by molar-refractivity contribution is 7.99. The molecule has 94 valence electrons. The summed E-state index contributed by atoms with van der Waals surface area (Å²) in [6, 6.07) is 0. The van der Waals surface area contributed by atoms with E-state index in [-0.39, 0.29) is 0 Å². The van der Waals surface area contributed by atoms with Gasteiger partial charge >= 0.3 is 0 Å². The minimum Gasteiger partial charge on any atom is -0.377 e. The van der Waals surface area contributed by atoms with Crippen LogP contribution in [0.3, 0.4) is 0 Å². The summed E-state index contributed by atoms with van der Waals surface area (Å²) in [7, 11) is 0. The molecule has 16 heavy (non-hydrogen) atoms. The van der Waals surface area contributed by atoms with Gasteiger partial charge < -0.3 is 10.1 Å². The number of nitrogens with zero attached hydrogens (tertiary/aromatic N) is 1. The van der Waals surface area contributed by atoms with Gasteiger partial charge in [0.15, 0.2) is 0 Å². The average molecular weight is 244 g/mol. The van der Waals surface area contributed by atoms with Crippen molar-refractivity contribution in [3.63, 3.8) is 0 Å². The van der Waals surface area contributed by atoms with Gasteiger partial charge in [0.05, 0.1) is 12.7 Å². The van der Waals surface area contributed by atoms with Crippen LogP contribution in [0.25, 0.3) is 0 Å². The van der Waals surface area contributed by atoms with Crippen LogP contribution >= 0.6 is 11.8 Å². The van der Waals surface area contributed by atoms with Crippen LogP contribution in [-0.2, 0) is 4.74 Å². The molecule has 2 heterocycles. The van der Waals surface area contributed by atoms with Crippen LogP contribution in [-0.4, -0.2) is 61.3 Å². The molecule has 2 fully saturated rings. The molecule has 2 saturated heterocycles. The first-order valence-electron chi connectivity index (χ1n) is 6.51. The van der Waals surface area contributed by atoms with E-state index < -0.39 is 0 Å². The summed E-state index contributed by atoms with van der Waals surface area (Å²) in [5.74, 6) is 1.29. The molecule has 1 atom stereocenters. The van der Waals surface area contributed by atoms with Crippen molar-refractivity contribution < 1.29 is 4.74 Å². The molecule has 0 aromatic carbocycles. The number of piperidine rings is 1. The molecule has 0 aromatic heterocycles. The molecule has 2 aliphatic rings. The number of thioether (sulfide) groups is 1. The summed E-state index contributed by atoms with van der Waals surface area (Å²) in [6.07, 6.45) is 2.89. The summed E-state index contributed by atoms with van der Waals surface area (Å²) in [5, 5.41) is 4.17. The molecule has 1 N–H and O–H groups in total. The molecule has 0 spiro atoms. The molecule has 2 aliphatic heterocycles. The second-order valence-electron chi connectivity index (χ2n) is 4.80. The second-order valence-corrected chi connectivity index (χ2v) is 6.35. The Morgan fingerprint density at radius 2 is 2.19 bits per heavy atom. The minimum atomic E-state index is 0.512. The monoisotopic (exact) mass is 244 g/mol.